The fourth-order valence-electron chi connectivity index (χ4n) is 1.90. The number of rotatable bonds is 4. The quantitative estimate of drug-likeness (QED) is 0.803. The number of fused-ring (bicyclic) bond motifs is 1. The molecule has 0 aliphatic heterocycles. The first-order valence-corrected chi connectivity index (χ1v) is 7.97. The first kappa shape index (κ1) is 13.0. The third kappa shape index (κ3) is 2.37. The van der Waals surface area contributed by atoms with E-state index in [9.17, 15) is 9.00 Å². The van der Waals surface area contributed by atoms with Crippen LogP contribution in [0.1, 0.15) is 16.1 Å². The van der Waals surface area contributed by atoms with Gasteiger partial charge in [-0.2, -0.15) is 0 Å². The third-order valence-corrected chi connectivity index (χ3v) is 4.96. The number of nitrogens with zero attached hydrogens (tertiary/aromatic N) is 2. The fraction of sp³-hybridized carbons (Fsp3) is 0.0769. The van der Waals surface area contributed by atoms with Gasteiger partial charge in [-0.3, -0.25) is 8.61 Å². The molecule has 2 heterocycles. The van der Waals surface area contributed by atoms with E-state index in [0.29, 0.717) is 10.6 Å². The summed E-state index contributed by atoms with van der Waals surface area (Å²) in [7, 11) is -1.43. The first-order valence-electron chi connectivity index (χ1n) is 5.77. The van der Waals surface area contributed by atoms with Gasteiger partial charge in [0.15, 0.2) is 4.96 Å². The molecule has 1 unspecified atom stereocenters. The van der Waals surface area contributed by atoms with Crippen LogP contribution < -0.4 is 0 Å². The molecule has 2 aromatic heterocycles. The maximum absolute atomic E-state index is 12.3. The van der Waals surface area contributed by atoms with Gasteiger partial charge < -0.3 is 5.11 Å². The molecule has 3 rings (SSSR count). The van der Waals surface area contributed by atoms with Crippen molar-refractivity contribution in [2.24, 2.45) is 0 Å². The molecule has 20 heavy (non-hydrogen) atoms. The second-order valence-electron chi connectivity index (χ2n) is 4.12. The van der Waals surface area contributed by atoms with Crippen LogP contribution in [0.3, 0.4) is 0 Å². The average Bonchev–Trinajstić information content (AvgIpc) is 2.99. The Balaban J connectivity index is 1.89. The highest BCUT2D eigenvalue weighted by Crippen LogP contribution is 2.18. The Labute approximate surface area is 121 Å². The summed E-state index contributed by atoms with van der Waals surface area (Å²) >= 11 is 1.50. The number of hydrogen-bond donors (Lipinski definition) is 1. The van der Waals surface area contributed by atoms with E-state index in [2.05, 4.69) is 4.98 Å². The monoisotopic (exact) mass is 306 g/mol. The second-order valence-corrected chi connectivity index (χ2v) is 6.41. The van der Waals surface area contributed by atoms with Crippen molar-refractivity contribution in [1.29, 1.82) is 0 Å². The summed E-state index contributed by atoms with van der Waals surface area (Å²) in [6.07, 6.45) is 3.69. The molecule has 1 aromatic carbocycles. The lowest BCUT2D eigenvalue weighted by atomic mass is 10.2. The minimum Gasteiger partial charge on any atom is -0.478 e. The Kier molecular flexibility index (Phi) is 3.37. The number of carboxylic acids is 1. The molecule has 0 aliphatic rings. The van der Waals surface area contributed by atoms with E-state index in [0.717, 1.165) is 4.96 Å². The predicted octanol–water partition coefficient (Wildman–Crippen LogP) is 2.40. The lowest BCUT2D eigenvalue weighted by molar-refractivity contribution is 0.0693. The standard InChI is InChI=1S/C13H10N2O3S2/c16-12(17)10-3-1-2-4-11(10)20(18)8-9-7-15-5-6-19-13(15)14-9/h1-7H,8H2,(H,16,17). The molecule has 1 N–H and O–H groups in total. The van der Waals surface area contributed by atoms with Gasteiger partial charge in [-0.1, -0.05) is 12.1 Å². The zero-order valence-corrected chi connectivity index (χ0v) is 11.9. The maximum Gasteiger partial charge on any atom is 0.336 e. The van der Waals surface area contributed by atoms with Gasteiger partial charge in [0.25, 0.3) is 0 Å². The Hall–Kier alpha value is -1.99. The van der Waals surface area contributed by atoms with Crippen LogP contribution in [-0.4, -0.2) is 24.7 Å². The number of aromatic nitrogens is 2. The summed E-state index contributed by atoms with van der Waals surface area (Å²) in [5.41, 5.74) is 0.766. The van der Waals surface area contributed by atoms with Gasteiger partial charge in [0, 0.05) is 17.8 Å². The van der Waals surface area contributed by atoms with Crippen LogP contribution in [0.2, 0.25) is 0 Å². The summed E-state index contributed by atoms with van der Waals surface area (Å²) in [4.78, 5) is 16.6. The van der Waals surface area contributed by atoms with E-state index in [1.165, 1.54) is 17.4 Å². The van der Waals surface area contributed by atoms with Crippen LogP contribution in [0, 0.1) is 0 Å². The van der Waals surface area contributed by atoms with Crippen molar-refractivity contribution >= 4 is 33.1 Å². The van der Waals surface area contributed by atoms with E-state index in [4.69, 9.17) is 5.11 Å². The minimum atomic E-state index is -1.43. The van der Waals surface area contributed by atoms with Crippen molar-refractivity contribution in [3.05, 3.63) is 53.3 Å². The number of thiazole rings is 1. The minimum absolute atomic E-state index is 0.0758. The molecule has 0 saturated heterocycles. The molecular weight excluding hydrogens is 296 g/mol. The van der Waals surface area contributed by atoms with Crippen molar-refractivity contribution in [2.45, 2.75) is 10.6 Å². The van der Waals surface area contributed by atoms with Gasteiger partial charge in [-0.15, -0.1) is 11.3 Å². The number of imidazole rings is 1. The summed E-state index contributed by atoms with van der Waals surface area (Å²) in [6.45, 7) is 0. The van der Waals surface area contributed by atoms with Crippen LogP contribution in [0.4, 0.5) is 0 Å². The number of carboxylic acid groups (broad SMARTS) is 1. The topological polar surface area (TPSA) is 71.7 Å². The van der Waals surface area contributed by atoms with Crippen molar-refractivity contribution in [1.82, 2.24) is 9.38 Å². The molecule has 1 atom stereocenters. The van der Waals surface area contributed by atoms with Gasteiger partial charge in [-0.25, -0.2) is 9.78 Å². The van der Waals surface area contributed by atoms with Gasteiger partial charge in [-0.05, 0) is 12.1 Å². The largest absolute Gasteiger partial charge is 0.478 e. The van der Waals surface area contributed by atoms with Gasteiger partial charge in [0.2, 0.25) is 0 Å². The summed E-state index contributed by atoms with van der Waals surface area (Å²) in [6, 6.07) is 6.35. The molecule has 3 aromatic rings. The van der Waals surface area contributed by atoms with Gasteiger partial charge in [0.05, 0.1) is 32.7 Å². The highest BCUT2D eigenvalue weighted by atomic mass is 32.2. The van der Waals surface area contributed by atoms with Crippen molar-refractivity contribution in [3.63, 3.8) is 0 Å². The molecule has 0 aliphatic carbocycles. The van der Waals surface area contributed by atoms with Crippen LogP contribution in [0.15, 0.2) is 46.9 Å². The molecule has 7 heteroatoms. The normalized spacial score (nSPS) is 12.6. The Bertz CT molecular complexity index is 778. The van der Waals surface area contributed by atoms with E-state index in [1.54, 1.807) is 18.2 Å². The van der Waals surface area contributed by atoms with Crippen LogP contribution >= 0.6 is 11.3 Å². The highest BCUT2D eigenvalue weighted by molar-refractivity contribution is 7.84. The molecule has 0 amide bonds. The summed E-state index contributed by atoms with van der Waals surface area (Å²) in [5, 5.41) is 11.0. The SMILES string of the molecule is O=C(O)c1ccccc1S(=O)Cc1cn2ccsc2n1. The van der Waals surface area contributed by atoms with E-state index in [1.807, 2.05) is 22.2 Å². The third-order valence-electron chi connectivity index (χ3n) is 2.78. The fourth-order valence-corrected chi connectivity index (χ4v) is 3.81. The Morgan fingerprint density at radius 2 is 2.20 bits per heavy atom. The zero-order valence-electron chi connectivity index (χ0n) is 10.2. The lowest BCUT2D eigenvalue weighted by Gasteiger charge is -2.04. The van der Waals surface area contributed by atoms with E-state index >= 15 is 0 Å². The number of benzene rings is 1. The molecule has 102 valence electrons. The van der Waals surface area contributed by atoms with Crippen LogP contribution in [0.5, 0.6) is 0 Å². The number of carbonyl (C=O) groups is 1. The maximum atomic E-state index is 12.3. The lowest BCUT2D eigenvalue weighted by Crippen LogP contribution is -2.05. The first-order chi connectivity index (χ1) is 9.65. The Morgan fingerprint density at radius 1 is 1.40 bits per heavy atom. The molecule has 0 fully saturated rings. The van der Waals surface area contributed by atoms with Crippen LogP contribution in [0.25, 0.3) is 4.96 Å². The van der Waals surface area contributed by atoms with Crippen LogP contribution in [-0.2, 0) is 16.6 Å². The molecule has 0 saturated carbocycles. The molecule has 0 bridgehead atoms. The number of hydrogen-bond acceptors (Lipinski definition) is 4. The van der Waals surface area contributed by atoms with E-state index < -0.39 is 16.8 Å². The summed E-state index contributed by atoms with van der Waals surface area (Å²) in [5.74, 6) is -0.863. The smallest absolute Gasteiger partial charge is 0.336 e. The number of aromatic carboxylic acids is 1. The predicted molar refractivity (Wildman–Crippen MR) is 76.6 cm³/mol. The van der Waals surface area contributed by atoms with Crippen molar-refractivity contribution in [3.8, 4) is 0 Å². The Morgan fingerprint density at radius 3 is 2.95 bits per heavy atom. The van der Waals surface area contributed by atoms with E-state index in [-0.39, 0.29) is 11.3 Å². The zero-order chi connectivity index (χ0) is 14.1. The van der Waals surface area contributed by atoms with Crippen molar-refractivity contribution in [2.75, 3.05) is 0 Å². The summed E-state index contributed by atoms with van der Waals surface area (Å²) < 4.78 is 14.2. The van der Waals surface area contributed by atoms with Crippen molar-refractivity contribution < 1.29 is 14.1 Å². The molecule has 0 radical (unpaired) electrons. The molecule has 0 spiro atoms. The van der Waals surface area contributed by atoms with Gasteiger partial charge >= 0.3 is 5.97 Å². The molecule has 5 nitrogen and oxygen atoms in total. The second kappa shape index (κ2) is 5.18. The van der Waals surface area contributed by atoms with Gasteiger partial charge in [0.1, 0.15) is 0 Å². The highest BCUT2D eigenvalue weighted by Gasteiger charge is 2.16. The average molecular weight is 306 g/mol. The molecular formula is C13H10N2O3S2.